The molecule has 4 heteroatoms. The second-order valence-corrected chi connectivity index (χ2v) is 3.38. The van der Waals surface area contributed by atoms with Gasteiger partial charge >= 0.3 is 0 Å². The van der Waals surface area contributed by atoms with Gasteiger partial charge in [-0.25, -0.2) is 0 Å². The van der Waals surface area contributed by atoms with Crippen molar-refractivity contribution in [1.82, 2.24) is 3.53 Å². The summed E-state index contributed by atoms with van der Waals surface area (Å²) in [6.45, 7) is 0.855. The molecule has 0 bridgehead atoms. The van der Waals surface area contributed by atoms with Crippen molar-refractivity contribution >= 4 is 22.9 Å². The largest absolute Gasteiger partial charge is 0.491 e. The molecule has 1 atom stereocenters. The van der Waals surface area contributed by atoms with Crippen LogP contribution in [0, 0.1) is 0 Å². The highest BCUT2D eigenvalue weighted by Gasteiger charge is 2.02. The minimum atomic E-state index is -0.461. The minimum Gasteiger partial charge on any atom is -0.491 e. The van der Waals surface area contributed by atoms with E-state index >= 15 is 0 Å². The van der Waals surface area contributed by atoms with Crippen LogP contribution in [0.2, 0.25) is 0 Å². The zero-order chi connectivity index (χ0) is 9.52. The molecule has 1 aromatic carbocycles. The van der Waals surface area contributed by atoms with Crippen LogP contribution in [0.5, 0.6) is 5.75 Å². The topological polar surface area (TPSA) is 41.5 Å². The summed E-state index contributed by atoms with van der Waals surface area (Å²) in [4.78, 5) is 0. The second kappa shape index (κ2) is 6.17. The van der Waals surface area contributed by atoms with Gasteiger partial charge in [0.15, 0.2) is 0 Å². The predicted octanol–water partition coefficient (Wildman–Crippen LogP) is 1.37. The Morgan fingerprint density at radius 1 is 1.38 bits per heavy atom. The van der Waals surface area contributed by atoms with Crippen molar-refractivity contribution in [1.29, 1.82) is 0 Å². The Hall–Kier alpha value is -0.330. The number of ether oxygens (including phenoxy) is 1. The molecule has 0 heterocycles. The Kier molecular flexibility index (Phi) is 5.10. The van der Waals surface area contributed by atoms with E-state index in [1.54, 1.807) is 0 Å². The zero-order valence-corrected chi connectivity index (χ0v) is 9.27. The Bertz CT molecular complexity index is 230. The quantitative estimate of drug-likeness (QED) is 0.636. The smallest absolute Gasteiger partial charge is 0.119 e. The predicted molar refractivity (Wildman–Crippen MR) is 60.0 cm³/mol. The first-order chi connectivity index (χ1) is 6.33. The van der Waals surface area contributed by atoms with E-state index in [1.165, 1.54) is 0 Å². The Morgan fingerprint density at radius 2 is 2.08 bits per heavy atom. The number of aliphatic hydroxyl groups is 1. The van der Waals surface area contributed by atoms with Gasteiger partial charge in [0, 0.05) is 29.4 Å². The summed E-state index contributed by atoms with van der Waals surface area (Å²) >= 11 is 1.99. The van der Waals surface area contributed by atoms with E-state index in [1.807, 2.05) is 53.2 Å². The number of halogens is 1. The van der Waals surface area contributed by atoms with Crippen LogP contribution in [-0.4, -0.2) is 24.4 Å². The molecule has 0 amide bonds. The summed E-state index contributed by atoms with van der Waals surface area (Å²) in [7, 11) is 0. The van der Waals surface area contributed by atoms with Gasteiger partial charge in [-0.2, -0.15) is 0 Å². The number of hydrogen-bond donors (Lipinski definition) is 2. The second-order valence-electron chi connectivity index (χ2n) is 2.62. The maximum Gasteiger partial charge on any atom is 0.119 e. The van der Waals surface area contributed by atoms with Crippen molar-refractivity contribution in [3.63, 3.8) is 0 Å². The van der Waals surface area contributed by atoms with E-state index < -0.39 is 6.10 Å². The van der Waals surface area contributed by atoms with Crippen LogP contribution in [0.25, 0.3) is 0 Å². The third-order valence-electron chi connectivity index (χ3n) is 1.50. The Balaban J connectivity index is 2.27. The van der Waals surface area contributed by atoms with Gasteiger partial charge in [0.1, 0.15) is 18.5 Å². The maximum atomic E-state index is 9.32. The minimum absolute atomic E-state index is 0.319. The van der Waals surface area contributed by atoms with E-state index in [9.17, 15) is 5.11 Å². The van der Waals surface area contributed by atoms with Crippen molar-refractivity contribution in [2.24, 2.45) is 0 Å². The molecular formula is C9H12INO2. The number of aliphatic hydroxyl groups excluding tert-OH is 1. The van der Waals surface area contributed by atoms with Crippen molar-refractivity contribution in [2.45, 2.75) is 6.10 Å². The molecule has 0 aromatic heterocycles. The van der Waals surface area contributed by atoms with Crippen molar-refractivity contribution < 1.29 is 9.84 Å². The number of para-hydroxylation sites is 1. The number of rotatable bonds is 5. The van der Waals surface area contributed by atoms with E-state index in [2.05, 4.69) is 3.53 Å². The molecule has 1 rings (SSSR count). The maximum absolute atomic E-state index is 9.32. The summed E-state index contributed by atoms with van der Waals surface area (Å²) in [5.41, 5.74) is 0. The standard InChI is InChI=1S/C9H12INO2/c10-11-6-8(12)7-13-9-4-2-1-3-5-9/h1-5,8,11-12H,6-7H2. The number of benzene rings is 1. The fraction of sp³-hybridized carbons (Fsp3) is 0.333. The van der Waals surface area contributed by atoms with Crippen LogP contribution in [0.1, 0.15) is 0 Å². The molecule has 0 saturated carbocycles. The van der Waals surface area contributed by atoms with Gasteiger partial charge < -0.3 is 9.84 Å². The third kappa shape index (κ3) is 4.44. The van der Waals surface area contributed by atoms with Gasteiger partial charge in [-0.3, -0.25) is 3.53 Å². The van der Waals surface area contributed by atoms with E-state index in [0.29, 0.717) is 13.2 Å². The summed E-state index contributed by atoms with van der Waals surface area (Å²) in [5.74, 6) is 0.787. The molecule has 0 fully saturated rings. The molecule has 1 unspecified atom stereocenters. The molecular weight excluding hydrogens is 281 g/mol. The first-order valence-corrected chi connectivity index (χ1v) is 5.10. The summed E-state index contributed by atoms with van der Waals surface area (Å²) in [5, 5.41) is 9.32. The molecule has 3 nitrogen and oxygen atoms in total. The normalized spacial score (nSPS) is 12.5. The van der Waals surface area contributed by atoms with Crippen molar-refractivity contribution in [3.05, 3.63) is 30.3 Å². The molecule has 2 N–H and O–H groups in total. The van der Waals surface area contributed by atoms with E-state index in [0.717, 1.165) is 5.75 Å². The highest BCUT2D eigenvalue weighted by atomic mass is 127. The monoisotopic (exact) mass is 293 g/mol. The first-order valence-electron chi connectivity index (χ1n) is 4.02. The van der Waals surface area contributed by atoms with E-state index in [-0.39, 0.29) is 0 Å². The van der Waals surface area contributed by atoms with E-state index in [4.69, 9.17) is 4.74 Å². The van der Waals surface area contributed by atoms with Gasteiger partial charge in [0.05, 0.1) is 0 Å². The Morgan fingerprint density at radius 3 is 2.69 bits per heavy atom. The van der Waals surface area contributed by atoms with Gasteiger partial charge in [0.25, 0.3) is 0 Å². The molecule has 13 heavy (non-hydrogen) atoms. The van der Waals surface area contributed by atoms with Gasteiger partial charge in [0.2, 0.25) is 0 Å². The lowest BCUT2D eigenvalue weighted by Gasteiger charge is -2.10. The van der Waals surface area contributed by atoms with Crippen LogP contribution in [0.3, 0.4) is 0 Å². The lowest BCUT2D eigenvalue weighted by molar-refractivity contribution is 0.112. The highest BCUT2D eigenvalue weighted by Crippen LogP contribution is 2.08. The van der Waals surface area contributed by atoms with Crippen LogP contribution < -0.4 is 8.27 Å². The lowest BCUT2D eigenvalue weighted by atomic mass is 10.3. The summed E-state index contributed by atoms with van der Waals surface area (Å²) in [6, 6.07) is 9.46. The van der Waals surface area contributed by atoms with Crippen LogP contribution >= 0.6 is 22.9 Å². The number of nitrogens with one attached hydrogen (secondary N) is 1. The van der Waals surface area contributed by atoms with Crippen molar-refractivity contribution in [2.75, 3.05) is 13.2 Å². The molecule has 0 aliphatic heterocycles. The first kappa shape index (κ1) is 10.7. The van der Waals surface area contributed by atoms with Gasteiger partial charge in [-0.15, -0.1) is 0 Å². The summed E-state index contributed by atoms with van der Waals surface area (Å²) in [6.07, 6.45) is -0.461. The third-order valence-corrected chi connectivity index (χ3v) is 1.94. The number of hydrogen-bond acceptors (Lipinski definition) is 3. The zero-order valence-electron chi connectivity index (χ0n) is 7.11. The molecule has 72 valence electrons. The fourth-order valence-corrected chi connectivity index (χ4v) is 1.37. The van der Waals surface area contributed by atoms with Gasteiger partial charge in [-0.05, 0) is 12.1 Å². The van der Waals surface area contributed by atoms with Gasteiger partial charge in [-0.1, -0.05) is 18.2 Å². The SMILES string of the molecule is OC(CNI)COc1ccccc1. The lowest BCUT2D eigenvalue weighted by Crippen LogP contribution is -2.26. The molecule has 0 aliphatic rings. The van der Waals surface area contributed by atoms with Crippen LogP contribution in [0.4, 0.5) is 0 Å². The molecule has 0 spiro atoms. The summed E-state index contributed by atoms with van der Waals surface area (Å²) < 4.78 is 8.17. The molecule has 0 aliphatic carbocycles. The average molecular weight is 293 g/mol. The highest BCUT2D eigenvalue weighted by molar-refractivity contribution is 14.1. The van der Waals surface area contributed by atoms with Crippen molar-refractivity contribution in [3.8, 4) is 5.75 Å². The van der Waals surface area contributed by atoms with Crippen LogP contribution in [-0.2, 0) is 0 Å². The van der Waals surface area contributed by atoms with Crippen LogP contribution in [0.15, 0.2) is 30.3 Å². The molecule has 1 aromatic rings. The Labute approximate surface area is 91.6 Å². The average Bonchev–Trinajstić information content (AvgIpc) is 2.17. The molecule has 0 radical (unpaired) electrons. The fourth-order valence-electron chi connectivity index (χ4n) is 0.857. The molecule has 0 saturated heterocycles.